The Labute approximate surface area is 121 Å². The fourth-order valence-electron chi connectivity index (χ4n) is 2.02. The third-order valence-electron chi connectivity index (χ3n) is 3.08. The summed E-state index contributed by atoms with van der Waals surface area (Å²) in [5.41, 5.74) is 1.08. The van der Waals surface area contributed by atoms with Crippen molar-refractivity contribution in [3.05, 3.63) is 65.2 Å². The van der Waals surface area contributed by atoms with Crippen molar-refractivity contribution < 1.29 is 19.8 Å². The van der Waals surface area contributed by atoms with Crippen LogP contribution in [0.4, 0.5) is 0 Å². The van der Waals surface area contributed by atoms with Gasteiger partial charge in [-0.2, -0.15) is 0 Å². The predicted molar refractivity (Wildman–Crippen MR) is 77.5 cm³/mol. The highest BCUT2D eigenvalue weighted by Gasteiger charge is 2.11. The maximum atomic E-state index is 11.9. The van der Waals surface area contributed by atoms with Gasteiger partial charge >= 0.3 is 5.97 Å². The van der Waals surface area contributed by atoms with Crippen molar-refractivity contribution in [1.82, 2.24) is 5.32 Å². The number of carboxylic acid groups (broad SMARTS) is 1. The molecule has 2 rings (SSSR count). The van der Waals surface area contributed by atoms with Crippen LogP contribution in [-0.4, -0.2) is 28.6 Å². The average molecular weight is 285 g/mol. The van der Waals surface area contributed by atoms with Gasteiger partial charge in [-0.1, -0.05) is 30.3 Å². The zero-order valence-corrected chi connectivity index (χ0v) is 11.2. The van der Waals surface area contributed by atoms with E-state index in [-0.39, 0.29) is 29.3 Å². The Morgan fingerprint density at radius 1 is 0.952 bits per heavy atom. The van der Waals surface area contributed by atoms with E-state index in [1.807, 2.05) is 0 Å². The van der Waals surface area contributed by atoms with Crippen LogP contribution in [0.25, 0.3) is 0 Å². The topological polar surface area (TPSA) is 86.6 Å². The minimum Gasteiger partial charge on any atom is -0.507 e. The lowest BCUT2D eigenvalue weighted by Crippen LogP contribution is -2.26. The summed E-state index contributed by atoms with van der Waals surface area (Å²) in [4.78, 5) is 23.0. The largest absolute Gasteiger partial charge is 0.507 e. The van der Waals surface area contributed by atoms with Crippen LogP contribution in [0.15, 0.2) is 48.5 Å². The Morgan fingerprint density at radius 3 is 2.24 bits per heavy atom. The lowest BCUT2D eigenvalue weighted by Gasteiger charge is -2.08. The number of hydrogen-bond donors (Lipinski definition) is 3. The number of rotatable bonds is 5. The number of carboxylic acids is 1. The third-order valence-corrected chi connectivity index (χ3v) is 3.08. The van der Waals surface area contributed by atoms with Crippen molar-refractivity contribution in [1.29, 1.82) is 0 Å². The summed E-state index contributed by atoms with van der Waals surface area (Å²) < 4.78 is 0. The van der Waals surface area contributed by atoms with Gasteiger partial charge in [-0.25, -0.2) is 4.79 Å². The molecule has 0 aliphatic heterocycles. The lowest BCUT2D eigenvalue weighted by molar-refractivity contribution is 0.0695. The number of hydrogen-bond acceptors (Lipinski definition) is 3. The van der Waals surface area contributed by atoms with Crippen LogP contribution in [0.5, 0.6) is 5.75 Å². The molecular weight excluding hydrogens is 270 g/mol. The first-order valence-electron chi connectivity index (χ1n) is 6.47. The normalized spacial score (nSPS) is 10.1. The molecule has 0 aliphatic rings. The number of aromatic carboxylic acids is 1. The first kappa shape index (κ1) is 14.6. The molecule has 3 N–H and O–H groups in total. The molecule has 1 amide bonds. The predicted octanol–water partition coefficient (Wildman–Crippen LogP) is 2.06. The van der Waals surface area contributed by atoms with Crippen LogP contribution in [0.3, 0.4) is 0 Å². The van der Waals surface area contributed by atoms with Crippen molar-refractivity contribution in [2.75, 3.05) is 6.54 Å². The van der Waals surface area contributed by atoms with E-state index in [1.54, 1.807) is 30.3 Å². The molecule has 0 aliphatic carbocycles. The molecule has 0 unspecified atom stereocenters. The van der Waals surface area contributed by atoms with E-state index in [2.05, 4.69) is 5.32 Å². The molecule has 0 spiro atoms. The maximum absolute atomic E-state index is 11.9. The van der Waals surface area contributed by atoms with Gasteiger partial charge in [0.25, 0.3) is 5.91 Å². The number of carbonyl (C=O) groups excluding carboxylic acids is 1. The van der Waals surface area contributed by atoms with Crippen LogP contribution in [0.2, 0.25) is 0 Å². The number of amides is 1. The fraction of sp³-hybridized carbons (Fsp3) is 0.125. The van der Waals surface area contributed by atoms with Crippen molar-refractivity contribution in [2.24, 2.45) is 0 Å². The Bertz CT molecular complexity index is 667. The average Bonchev–Trinajstić information content (AvgIpc) is 2.48. The zero-order valence-electron chi connectivity index (χ0n) is 11.2. The number of para-hydroxylation sites is 1. The van der Waals surface area contributed by atoms with Gasteiger partial charge in [0, 0.05) is 6.54 Å². The van der Waals surface area contributed by atoms with Gasteiger partial charge < -0.3 is 15.5 Å². The van der Waals surface area contributed by atoms with E-state index in [9.17, 15) is 14.7 Å². The zero-order chi connectivity index (χ0) is 15.2. The molecule has 0 fully saturated rings. The van der Waals surface area contributed by atoms with E-state index in [1.165, 1.54) is 18.2 Å². The summed E-state index contributed by atoms with van der Waals surface area (Å²) in [5, 5.41) is 21.3. The second kappa shape index (κ2) is 6.56. The summed E-state index contributed by atoms with van der Waals surface area (Å²) >= 11 is 0. The number of aromatic hydroxyl groups is 1. The summed E-state index contributed by atoms with van der Waals surface area (Å²) in [7, 11) is 0. The Hall–Kier alpha value is -2.82. The molecule has 0 heterocycles. The first-order chi connectivity index (χ1) is 10.1. The molecule has 2 aromatic rings. The quantitative estimate of drug-likeness (QED) is 0.784. The highest BCUT2D eigenvalue weighted by molar-refractivity contribution is 5.96. The molecule has 0 radical (unpaired) electrons. The summed E-state index contributed by atoms with van der Waals surface area (Å²) in [6.45, 7) is 0.289. The van der Waals surface area contributed by atoms with E-state index in [4.69, 9.17) is 5.11 Å². The fourth-order valence-corrected chi connectivity index (χ4v) is 2.02. The molecule has 5 nitrogen and oxygen atoms in total. The van der Waals surface area contributed by atoms with Gasteiger partial charge in [0.1, 0.15) is 5.75 Å². The standard InChI is InChI=1S/C16H15NO4/c18-14-8-4-3-7-13(14)15(19)17-10-9-11-5-1-2-6-12(11)16(20)21/h1-8,18H,9-10H2,(H,17,19)(H,20,21). The second-order valence-electron chi connectivity index (χ2n) is 4.49. The third kappa shape index (κ3) is 3.60. The summed E-state index contributed by atoms with van der Waals surface area (Å²) in [6, 6.07) is 12.9. The number of carbonyl (C=O) groups is 2. The van der Waals surface area contributed by atoms with Gasteiger partial charge in [0.05, 0.1) is 11.1 Å². The number of phenols is 1. The molecule has 2 aromatic carbocycles. The number of nitrogens with one attached hydrogen (secondary N) is 1. The van der Waals surface area contributed by atoms with Gasteiger partial charge in [-0.15, -0.1) is 0 Å². The maximum Gasteiger partial charge on any atom is 0.335 e. The van der Waals surface area contributed by atoms with Crippen LogP contribution in [0, 0.1) is 0 Å². The molecule has 21 heavy (non-hydrogen) atoms. The van der Waals surface area contributed by atoms with E-state index >= 15 is 0 Å². The van der Waals surface area contributed by atoms with Crippen LogP contribution in [0.1, 0.15) is 26.3 Å². The Balaban J connectivity index is 1.98. The SMILES string of the molecule is O=C(NCCc1ccccc1C(=O)O)c1ccccc1O. The van der Waals surface area contributed by atoms with Gasteiger partial charge in [-0.3, -0.25) is 4.79 Å². The van der Waals surface area contributed by atoms with Gasteiger partial charge in [0.2, 0.25) is 0 Å². The van der Waals surface area contributed by atoms with Crippen molar-refractivity contribution in [2.45, 2.75) is 6.42 Å². The summed E-state index contributed by atoms with van der Waals surface area (Å²) in [5.74, 6) is -1.46. The smallest absolute Gasteiger partial charge is 0.335 e. The second-order valence-corrected chi connectivity index (χ2v) is 4.49. The number of phenolic OH excluding ortho intramolecular Hbond substituents is 1. The van der Waals surface area contributed by atoms with Crippen LogP contribution in [-0.2, 0) is 6.42 Å². The molecule has 0 atom stereocenters. The number of benzene rings is 2. The van der Waals surface area contributed by atoms with Crippen LogP contribution >= 0.6 is 0 Å². The summed E-state index contributed by atoms with van der Waals surface area (Å²) in [6.07, 6.45) is 0.405. The highest BCUT2D eigenvalue weighted by Crippen LogP contribution is 2.15. The molecular formula is C16H15NO4. The van der Waals surface area contributed by atoms with Crippen molar-refractivity contribution in [3.8, 4) is 5.75 Å². The molecule has 0 bridgehead atoms. The molecule has 0 aromatic heterocycles. The molecule has 5 heteroatoms. The molecule has 0 saturated heterocycles. The van der Waals surface area contributed by atoms with E-state index < -0.39 is 5.97 Å². The lowest BCUT2D eigenvalue weighted by atomic mass is 10.0. The van der Waals surface area contributed by atoms with E-state index in [0.717, 1.165) is 0 Å². The monoisotopic (exact) mass is 285 g/mol. The van der Waals surface area contributed by atoms with Crippen molar-refractivity contribution in [3.63, 3.8) is 0 Å². The minimum atomic E-state index is -0.988. The highest BCUT2D eigenvalue weighted by atomic mass is 16.4. The molecule has 108 valence electrons. The van der Waals surface area contributed by atoms with Crippen LogP contribution < -0.4 is 5.32 Å². The Morgan fingerprint density at radius 2 is 1.57 bits per heavy atom. The van der Waals surface area contributed by atoms with Gasteiger partial charge in [0.15, 0.2) is 0 Å². The minimum absolute atomic E-state index is 0.0825. The van der Waals surface area contributed by atoms with Crippen molar-refractivity contribution >= 4 is 11.9 Å². The van der Waals surface area contributed by atoms with Gasteiger partial charge in [-0.05, 0) is 30.2 Å². The van der Waals surface area contributed by atoms with E-state index in [0.29, 0.717) is 12.0 Å². The first-order valence-corrected chi connectivity index (χ1v) is 6.47. The molecule has 0 saturated carbocycles. The Kier molecular flexibility index (Phi) is 4.56.